The number of rotatable bonds is 3. The summed E-state index contributed by atoms with van der Waals surface area (Å²) in [5.74, 6) is 2.02. The molecule has 2 aliphatic rings. The molecule has 2 aromatic rings. The van der Waals surface area contributed by atoms with Crippen LogP contribution in [0, 0.1) is 6.92 Å². The minimum atomic E-state index is -1.63. The van der Waals surface area contributed by atoms with Crippen LogP contribution in [0.2, 0.25) is 18.6 Å². The van der Waals surface area contributed by atoms with Crippen molar-refractivity contribution in [2.45, 2.75) is 31.1 Å². The largest absolute Gasteiger partial charge is 0.462 e. The third-order valence-corrected chi connectivity index (χ3v) is 9.52. The van der Waals surface area contributed by atoms with Gasteiger partial charge in [0.25, 0.3) is 0 Å². The lowest BCUT2D eigenvalue weighted by molar-refractivity contribution is 0.520. The van der Waals surface area contributed by atoms with Crippen molar-refractivity contribution < 1.29 is 4.42 Å². The molecule has 0 radical (unpaired) electrons. The molecule has 1 atom stereocenters. The highest BCUT2D eigenvalue weighted by molar-refractivity contribution is 6.83. The van der Waals surface area contributed by atoms with Gasteiger partial charge in [0.2, 0.25) is 0 Å². The monoisotopic (exact) mass is 318 g/mol. The maximum atomic E-state index is 6.00. The number of benzene rings is 1. The Hall–Kier alpha value is -2.06. The van der Waals surface area contributed by atoms with Crippen molar-refractivity contribution in [1.29, 1.82) is 0 Å². The lowest BCUT2D eigenvalue weighted by Gasteiger charge is -2.36. The maximum absolute atomic E-state index is 6.00. The molecule has 1 unspecified atom stereocenters. The van der Waals surface area contributed by atoms with Crippen LogP contribution >= 0.6 is 0 Å². The van der Waals surface area contributed by atoms with Gasteiger partial charge in [0.15, 0.2) is 0 Å². The van der Waals surface area contributed by atoms with Gasteiger partial charge in [0, 0.05) is 11.1 Å². The Morgan fingerprint density at radius 2 is 1.70 bits per heavy atom. The number of hydrogen-bond donors (Lipinski definition) is 0. The minimum absolute atomic E-state index is 0.474. The summed E-state index contributed by atoms with van der Waals surface area (Å²) in [4.78, 5) is 0. The Morgan fingerprint density at radius 3 is 2.39 bits per heavy atom. The third-order valence-electron chi connectivity index (χ3n) is 5.31. The van der Waals surface area contributed by atoms with Crippen LogP contribution in [0.4, 0.5) is 0 Å². The molecule has 0 amide bonds. The van der Waals surface area contributed by atoms with Crippen LogP contribution in [-0.2, 0) is 0 Å². The Balaban J connectivity index is 1.85. The van der Waals surface area contributed by atoms with Crippen molar-refractivity contribution in [3.63, 3.8) is 0 Å². The van der Waals surface area contributed by atoms with E-state index in [4.69, 9.17) is 4.42 Å². The third kappa shape index (κ3) is 2.29. The van der Waals surface area contributed by atoms with Crippen molar-refractivity contribution in [2.75, 3.05) is 0 Å². The highest BCUT2D eigenvalue weighted by atomic mass is 28.3. The van der Waals surface area contributed by atoms with Gasteiger partial charge in [0.05, 0.1) is 8.07 Å². The van der Waals surface area contributed by atoms with E-state index in [1.54, 1.807) is 0 Å². The first-order chi connectivity index (χ1) is 11.1. The molecule has 116 valence electrons. The van der Waals surface area contributed by atoms with Gasteiger partial charge in [-0.25, -0.2) is 0 Å². The Kier molecular flexibility index (Phi) is 3.31. The van der Waals surface area contributed by atoms with E-state index >= 15 is 0 Å². The average molecular weight is 318 g/mol. The van der Waals surface area contributed by atoms with Gasteiger partial charge in [-0.05, 0) is 41.8 Å². The zero-order valence-corrected chi connectivity index (χ0v) is 14.9. The van der Waals surface area contributed by atoms with Crippen molar-refractivity contribution in [2.24, 2.45) is 0 Å². The molecule has 0 fully saturated rings. The number of fused-ring (bicyclic) bond motifs is 1. The highest BCUT2D eigenvalue weighted by Crippen LogP contribution is 2.51. The zero-order valence-electron chi connectivity index (χ0n) is 13.9. The number of aryl methyl sites for hydroxylation is 1. The Labute approximate surface area is 139 Å². The van der Waals surface area contributed by atoms with E-state index in [2.05, 4.69) is 79.9 Å². The fourth-order valence-electron chi connectivity index (χ4n) is 4.05. The Bertz CT molecular complexity index is 823. The van der Waals surface area contributed by atoms with Gasteiger partial charge < -0.3 is 4.42 Å². The summed E-state index contributed by atoms with van der Waals surface area (Å²) >= 11 is 0. The fourth-order valence-corrected chi connectivity index (χ4v) is 7.74. The summed E-state index contributed by atoms with van der Waals surface area (Å²) in [5.41, 5.74) is 5.25. The van der Waals surface area contributed by atoms with Crippen LogP contribution in [0.15, 0.2) is 65.1 Å². The van der Waals surface area contributed by atoms with Gasteiger partial charge in [0.1, 0.15) is 11.5 Å². The maximum Gasteiger partial charge on any atom is 0.130 e. The molecule has 1 aromatic carbocycles. The molecule has 0 aliphatic heterocycles. The van der Waals surface area contributed by atoms with Crippen LogP contribution < -0.4 is 0 Å². The Morgan fingerprint density at radius 1 is 0.957 bits per heavy atom. The highest BCUT2D eigenvalue weighted by Gasteiger charge is 2.44. The molecule has 23 heavy (non-hydrogen) atoms. The van der Waals surface area contributed by atoms with E-state index in [1.807, 2.05) is 6.92 Å². The summed E-state index contributed by atoms with van der Waals surface area (Å²) < 4.78 is 6.00. The van der Waals surface area contributed by atoms with Crippen molar-refractivity contribution in [3.8, 4) is 0 Å². The van der Waals surface area contributed by atoms with E-state index in [0.717, 1.165) is 11.5 Å². The van der Waals surface area contributed by atoms with E-state index in [9.17, 15) is 0 Å². The SMILES string of the molecule is Cc1ccc(C2=Cc3ccccc3C2[Si](C)(C)C2C=CC=C2)o1. The second-order valence-corrected chi connectivity index (χ2v) is 12.1. The van der Waals surface area contributed by atoms with Crippen molar-refractivity contribution in [3.05, 3.63) is 83.3 Å². The summed E-state index contributed by atoms with van der Waals surface area (Å²) in [6, 6.07) is 13.0. The second-order valence-electron chi connectivity index (χ2n) is 7.19. The molecule has 1 aromatic heterocycles. The number of furan rings is 1. The zero-order chi connectivity index (χ0) is 16.0. The van der Waals surface area contributed by atoms with E-state index in [-0.39, 0.29) is 0 Å². The summed E-state index contributed by atoms with van der Waals surface area (Å²) in [5, 5.41) is 0. The predicted octanol–water partition coefficient (Wildman–Crippen LogP) is 5.97. The fraction of sp³-hybridized carbons (Fsp3) is 0.238. The average Bonchev–Trinajstić information content (AvgIpc) is 3.26. The molecule has 1 nitrogen and oxygen atoms in total. The standard InChI is InChI=1S/C21H22OSi/c1-15-12-13-20(22-15)19-14-16-8-4-7-11-18(16)21(19)23(2,3)17-9-5-6-10-17/h4-14,17,21H,1-3H3. The van der Waals surface area contributed by atoms with Crippen LogP contribution in [0.25, 0.3) is 11.6 Å². The molecule has 0 spiro atoms. The molecule has 0 saturated carbocycles. The van der Waals surface area contributed by atoms with Crippen LogP contribution in [-0.4, -0.2) is 8.07 Å². The summed E-state index contributed by atoms with van der Waals surface area (Å²) in [6.07, 6.45) is 11.5. The van der Waals surface area contributed by atoms with Crippen molar-refractivity contribution in [1.82, 2.24) is 0 Å². The summed E-state index contributed by atoms with van der Waals surface area (Å²) in [7, 11) is -1.63. The first-order valence-corrected chi connectivity index (χ1v) is 11.4. The number of hydrogen-bond acceptors (Lipinski definition) is 1. The van der Waals surface area contributed by atoms with Gasteiger partial charge in [-0.1, -0.05) is 61.7 Å². The number of allylic oxidation sites excluding steroid dienone is 5. The minimum Gasteiger partial charge on any atom is -0.462 e. The molecule has 4 rings (SSSR count). The predicted molar refractivity (Wildman–Crippen MR) is 100 cm³/mol. The second kappa shape index (κ2) is 5.24. The normalized spacial score (nSPS) is 20.1. The van der Waals surface area contributed by atoms with Gasteiger partial charge >= 0.3 is 0 Å². The quantitative estimate of drug-likeness (QED) is 0.635. The van der Waals surface area contributed by atoms with Crippen LogP contribution in [0.1, 0.15) is 28.2 Å². The van der Waals surface area contributed by atoms with Gasteiger partial charge in [-0.15, -0.1) is 0 Å². The van der Waals surface area contributed by atoms with Gasteiger partial charge in [-0.2, -0.15) is 0 Å². The van der Waals surface area contributed by atoms with Gasteiger partial charge in [-0.3, -0.25) is 0 Å². The smallest absolute Gasteiger partial charge is 0.130 e. The van der Waals surface area contributed by atoms with E-state index in [0.29, 0.717) is 11.1 Å². The summed E-state index contributed by atoms with van der Waals surface area (Å²) in [6.45, 7) is 7.04. The van der Waals surface area contributed by atoms with Crippen LogP contribution in [0.5, 0.6) is 0 Å². The molecule has 0 bridgehead atoms. The molecule has 2 heteroatoms. The first kappa shape index (κ1) is 14.5. The molecular weight excluding hydrogens is 296 g/mol. The molecule has 1 heterocycles. The first-order valence-electron chi connectivity index (χ1n) is 8.29. The lowest BCUT2D eigenvalue weighted by Crippen LogP contribution is -2.38. The van der Waals surface area contributed by atoms with Crippen molar-refractivity contribution >= 4 is 19.7 Å². The van der Waals surface area contributed by atoms with E-state index < -0.39 is 8.07 Å². The lowest BCUT2D eigenvalue weighted by atomic mass is 10.1. The molecule has 0 saturated heterocycles. The molecule has 0 N–H and O–H groups in total. The van der Waals surface area contributed by atoms with E-state index in [1.165, 1.54) is 16.7 Å². The molecular formula is C21H22OSi. The molecule has 2 aliphatic carbocycles. The van der Waals surface area contributed by atoms with Crippen LogP contribution in [0.3, 0.4) is 0 Å². The topological polar surface area (TPSA) is 13.1 Å².